The van der Waals surface area contributed by atoms with Crippen LogP contribution in [0.15, 0.2) is 24.3 Å². The molecule has 1 aliphatic rings. The zero-order valence-corrected chi connectivity index (χ0v) is 9.16. The van der Waals surface area contributed by atoms with Gasteiger partial charge in [-0.15, -0.1) is 0 Å². The van der Waals surface area contributed by atoms with E-state index in [9.17, 15) is 13.5 Å². The van der Waals surface area contributed by atoms with Gasteiger partial charge in [0.2, 0.25) is 10.0 Å². The fraction of sp³-hybridized carbons (Fsp3) is 0.400. The van der Waals surface area contributed by atoms with Crippen LogP contribution in [0.25, 0.3) is 0 Å². The minimum Gasteiger partial charge on any atom is -0.391 e. The topological polar surface area (TPSA) is 66.4 Å². The lowest BCUT2D eigenvalue weighted by atomic mass is 10.1. The summed E-state index contributed by atoms with van der Waals surface area (Å²) in [6, 6.07) is 6.97. The first-order valence-corrected chi connectivity index (χ1v) is 6.60. The summed E-state index contributed by atoms with van der Waals surface area (Å²) >= 11 is 0. The highest BCUT2D eigenvalue weighted by atomic mass is 32.2. The molecule has 1 aromatic carbocycles. The Hall–Kier alpha value is -0.910. The molecule has 0 spiro atoms. The first-order valence-electron chi connectivity index (χ1n) is 4.70. The van der Waals surface area contributed by atoms with Gasteiger partial charge >= 0.3 is 0 Å². The van der Waals surface area contributed by atoms with Gasteiger partial charge in [-0.25, -0.2) is 13.1 Å². The van der Waals surface area contributed by atoms with E-state index < -0.39 is 22.2 Å². The first kappa shape index (κ1) is 10.6. The number of nitrogens with one attached hydrogen (secondary N) is 1. The lowest BCUT2D eigenvalue weighted by Gasteiger charge is -2.15. The Morgan fingerprint density at radius 2 is 2.07 bits per heavy atom. The number of rotatable bonds is 2. The monoisotopic (exact) mass is 227 g/mol. The molecule has 0 bridgehead atoms. The fourth-order valence-electron chi connectivity index (χ4n) is 1.95. The molecule has 5 heteroatoms. The van der Waals surface area contributed by atoms with E-state index in [0.717, 1.165) is 17.4 Å². The normalized spacial score (nSPS) is 25.2. The Labute approximate surface area is 89.0 Å². The van der Waals surface area contributed by atoms with Gasteiger partial charge in [0, 0.05) is 6.42 Å². The predicted octanol–water partition coefficient (Wildman–Crippen LogP) is 0.194. The molecule has 0 saturated heterocycles. The molecule has 2 rings (SSSR count). The van der Waals surface area contributed by atoms with Gasteiger partial charge in [0.1, 0.15) is 0 Å². The van der Waals surface area contributed by atoms with Gasteiger partial charge in [-0.1, -0.05) is 24.3 Å². The highest BCUT2D eigenvalue weighted by molar-refractivity contribution is 7.88. The molecule has 0 saturated carbocycles. The summed E-state index contributed by atoms with van der Waals surface area (Å²) in [7, 11) is -3.29. The Morgan fingerprint density at radius 1 is 1.40 bits per heavy atom. The number of hydrogen-bond donors (Lipinski definition) is 2. The maximum Gasteiger partial charge on any atom is 0.209 e. The zero-order valence-electron chi connectivity index (χ0n) is 8.34. The second-order valence-corrected chi connectivity index (χ2v) is 5.62. The maximum atomic E-state index is 11.1. The van der Waals surface area contributed by atoms with E-state index in [1.807, 2.05) is 24.3 Å². The van der Waals surface area contributed by atoms with E-state index in [-0.39, 0.29) is 0 Å². The molecule has 0 amide bonds. The Balaban J connectivity index is 2.34. The Bertz CT molecular complexity index is 469. The summed E-state index contributed by atoms with van der Waals surface area (Å²) in [6.07, 6.45) is 0.932. The van der Waals surface area contributed by atoms with Crippen molar-refractivity contribution in [2.24, 2.45) is 0 Å². The minimum absolute atomic E-state index is 0.503. The smallest absolute Gasteiger partial charge is 0.209 e. The number of benzene rings is 1. The molecule has 1 aromatic rings. The number of aliphatic hydroxyl groups excluding tert-OH is 1. The van der Waals surface area contributed by atoms with Crippen LogP contribution in [0.4, 0.5) is 0 Å². The largest absolute Gasteiger partial charge is 0.391 e. The van der Waals surface area contributed by atoms with Crippen molar-refractivity contribution < 1.29 is 13.5 Å². The van der Waals surface area contributed by atoms with Gasteiger partial charge in [-0.2, -0.15) is 0 Å². The molecule has 2 unspecified atom stereocenters. The number of hydrogen-bond acceptors (Lipinski definition) is 3. The third kappa shape index (κ3) is 2.19. The Morgan fingerprint density at radius 3 is 2.73 bits per heavy atom. The van der Waals surface area contributed by atoms with E-state index in [1.54, 1.807) is 0 Å². The van der Waals surface area contributed by atoms with Crippen LogP contribution < -0.4 is 4.72 Å². The van der Waals surface area contributed by atoms with Crippen LogP contribution in [0.1, 0.15) is 17.2 Å². The summed E-state index contributed by atoms with van der Waals surface area (Å²) in [6.45, 7) is 0. The summed E-state index contributed by atoms with van der Waals surface area (Å²) in [4.78, 5) is 0. The lowest BCUT2D eigenvalue weighted by molar-refractivity contribution is 0.152. The number of fused-ring (bicyclic) bond motifs is 1. The summed E-state index contributed by atoms with van der Waals surface area (Å²) < 4.78 is 24.7. The van der Waals surface area contributed by atoms with Gasteiger partial charge in [0.05, 0.1) is 18.4 Å². The van der Waals surface area contributed by atoms with Gasteiger partial charge in [0.25, 0.3) is 0 Å². The molecule has 2 N–H and O–H groups in total. The molecular weight excluding hydrogens is 214 g/mol. The predicted molar refractivity (Wildman–Crippen MR) is 56.9 cm³/mol. The first-order chi connectivity index (χ1) is 6.97. The number of sulfonamides is 1. The van der Waals surface area contributed by atoms with Crippen molar-refractivity contribution >= 4 is 10.0 Å². The highest BCUT2D eigenvalue weighted by Gasteiger charge is 2.32. The van der Waals surface area contributed by atoms with Crippen LogP contribution in [0.2, 0.25) is 0 Å². The summed E-state index contributed by atoms with van der Waals surface area (Å²) in [5.74, 6) is 0. The third-order valence-corrected chi connectivity index (χ3v) is 3.23. The second-order valence-electron chi connectivity index (χ2n) is 3.84. The van der Waals surface area contributed by atoms with Crippen molar-refractivity contribution in [3.63, 3.8) is 0 Å². The average molecular weight is 227 g/mol. The van der Waals surface area contributed by atoms with Crippen molar-refractivity contribution in [3.8, 4) is 0 Å². The molecule has 0 radical (unpaired) electrons. The molecular formula is C10H13NO3S. The van der Waals surface area contributed by atoms with Crippen molar-refractivity contribution in [2.75, 3.05) is 6.26 Å². The van der Waals surface area contributed by atoms with Crippen LogP contribution >= 0.6 is 0 Å². The highest BCUT2D eigenvalue weighted by Crippen LogP contribution is 2.31. The lowest BCUT2D eigenvalue weighted by Crippen LogP contribution is -2.32. The van der Waals surface area contributed by atoms with Crippen LogP contribution in [-0.4, -0.2) is 25.9 Å². The standard InChI is InChI=1S/C10H13NO3S/c1-15(13,14)11-10-8-5-3-2-4-7(8)6-9(10)12/h2-5,9-12H,6H2,1H3. The molecule has 15 heavy (non-hydrogen) atoms. The second kappa shape index (κ2) is 3.59. The molecule has 4 nitrogen and oxygen atoms in total. The van der Waals surface area contributed by atoms with Crippen molar-refractivity contribution in [1.82, 2.24) is 4.72 Å². The molecule has 1 aliphatic carbocycles. The number of aliphatic hydroxyl groups is 1. The van der Waals surface area contributed by atoms with E-state index in [1.165, 1.54) is 0 Å². The molecule has 82 valence electrons. The quantitative estimate of drug-likeness (QED) is 0.758. The molecule has 2 atom stereocenters. The average Bonchev–Trinajstić information content (AvgIpc) is 2.41. The van der Waals surface area contributed by atoms with Crippen LogP contribution in [0.3, 0.4) is 0 Å². The van der Waals surface area contributed by atoms with Crippen LogP contribution in [0.5, 0.6) is 0 Å². The van der Waals surface area contributed by atoms with Crippen molar-refractivity contribution in [2.45, 2.75) is 18.6 Å². The Kier molecular flexibility index (Phi) is 2.54. The molecule has 0 aromatic heterocycles. The van der Waals surface area contributed by atoms with E-state index in [0.29, 0.717) is 6.42 Å². The van der Waals surface area contributed by atoms with Crippen molar-refractivity contribution in [3.05, 3.63) is 35.4 Å². The fourth-order valence-corrected chi connectivity index (χ4v) is 2.69. The zero-order chi connectivity index (χ0) is 11.1. The van der Waals surface area contributed by atoms with Crippen LogP contribution in [-0.2, 0) is 16.4 Å². The maximum absolute atomic E-state index is 11.1. The van der Waals surface area contributed by atoms with Gasteiger partial charge in [-0.05, 0) is 11.1 Å². The minimum atomic E-state index is -3.29. The SMILES string of the molecule is CS(=O)(=O)NC1c2ccccc2CC1O. The van der Waals surface area contributed by atoms with Gasteiger partial charge in [-0.3, -0.25) is 0 Å². The van der Waals surface area contributed by atoms with E-state index in [2.05, 4.69) is 4.72 Å². The van der Waals surface area contributed by atoms with Gasteiger partial charge < -0.3 is 5.11 Å². The molecule has 0 aliphatic heterocycles. The molecule has 0 heterocycles. The summed E-state index contributed by atoms with van der Waals surface area (Å²) in [5, 5.41) is 9.75. The van der Waals surface area contributed by atoms with Crippen molar-refractivity contribution in [1.29, 1.82) is 0 Å². The van der Waals surface area contributed by atoms with E-state index in [4.69, 9.17) is 0 Å². The summed E-state index contributed by atoms with van der Waals surface area (Å²) in [5.41, 5.74) is 1.88. The van der Waals surface area contributed by atoms with E-state index >= 15 is 0 Å². The molecule has 0 fully saturated rings. The third-order valence-electron chi connectivity index (χ3n) is 2.55. The van der Waals surface area contributed by atoms with Crippen LogP contribution in [0, 0.1) is 0 Å². The van der Waals surface area contributed by atoms with Gasteiger partial charge in [0.15, 0.2) is 0 Å².